The summed E-state index contributed by atoms with van der Waals surface area (Å²) >= 11 is -2.03. The fraction of sp³-hybridized carbons (Fsp3) is 0.238. The van der Waals surface area contributed by atoms with Gasteiger partial charge in [0.25, 0.3) is 0 Å². The van der Waals surface area contributed by atoms with Gasteiger partial charge >= 0.3 is 120 Å². The topological polar surface area (TPSA) is 38.9 Å². The summed E-state index contributed by atoms with van der Waals surface area (Å²) < 4.78 is 58.1. The van der Waals surface area contributed by atoms with E-state index in [9.17, 15) is 0 Å². The van der Waals surface area contributed by atoms with Crippen LogP contribution in [0.15, 0.2) is 108 Å². The van der Waals surface area contributed by atoms with E-state index in [-0.39, 0.29) is 49.6 Å². The second-order valence-electron chi connectivity index (χ2n) is 13.0. The van der Waals surface area contributed by atoms with Gasteiger partial charge in [0, 0.05) is 34.4 Å². The van der Waals surface area contributed by atoms with E-state index in [4.69, 9.17) is 12.6 Å². The van der Waals surface area contributed by atoms with Gasteiger partial charge in [-0.25, -0.2) is 0 Å². The summed E-state index contributed by atoms with van der Waals surface area (Å²) in [7, 11) is 0. The monoisotopic (exact) mass is 863 g/mol. The zero-order valence-corrected chi connectivity index (χ0v) is 32.3. The average Bonchev–Trinajstić information content (AvgIpc) is 3.46. The number of hydrogen-bond acceptors (Lipinski definition) is 3. The number of nitrogens with zero attached hydrogens (tertiary/aromatic N) is 2. The maximum absolute atomic E-state index is 8.73. The second kappa shape index (κ2) is 14.7. The molecule has 3 nitrogen and oxygen atoms in total. The van der Waals surface area contributed by atoms with Crippen LogP contribution >= 0.6 is 0 Å². The summed E-state index contributed by atoms with van der Waals surface area (Å²) in [5.74, 6) is 5.96. The normalized spacial score (nSPS) is 14.0. The first kappa shape index (κ1) is 27.4. The molecule has 7 aromatic rings. The van der Waals surface area contributed by atoms with Gasteiger partial charge in [0.2, 0.25) is 0 Å². The van der Waals surface area contributed by atoms with Crippen molar-refractivity contribution in [2.75, 3.05) is 0 Å². The van der Waals surface area contributed by atoms with Crippen LogP contribution in [0, 0.1) is 18.1 Å². The molecule has 0 unspecified atom stereocenters. The van der Waals surface area contributed by atoms with Gasteiger partial charge in [-0.1, -0.05) is 60.7 Å². The van der Waals surface area contributed by atoms with Crippen LogP contribution in [0.1, 0.15) is 52.9 Å². The zero-order chi connectivity index (χ0) is 37.7. The van der Waals surface area contributed by atoms with Gasteiger partial charge in [-0.2, -0.15) is 0 Å². The molecule has 0 N–H and O–H groups in total. The van der Waals surface area contributed by atoms with Crippen molar-refractivity contribution in [3.63, 3.8) is 0 Å². The number of pyridine rings is 2. The number of fused-ring (bicyclic) bond motifs is 4. The molecule has 0 saturated heterocycles. The predicted molar refractivity (Wildman–Crippen MR) is 197 cm³/mol. The third-order valence-corrected chi connectivity index (χ3v) is 12.0. The van der Waals surface area contributed by atoms with Crippen LogP contribution in [0.25, 0.3) is 55.2 Å². The molecule has 3 aromatic heterocycles. The first-order valence-electron chi connectivity index (χ1n) is 18.6. The van der Waals surface area contributed by atoms with Gasteiger partial charge in [-0.3, -0.25) is 0 Å². The molecule has 4 aromatic carbocycles. The zero-order valence-electron chi connectivity index (χ0n) is 33.8. The van der Waals surface area contributed by atoms with Crippen LogP contribution in [-0.2, 0) is 26.5 Å². The van der Waals surface area contributed by atoms with Crippen LogP contribution < -0.4 is 4.40 Å². The fourth-order valence-electron chi connectivity index (χ4n) is 5.57. The van der Waals surface area contributed by atoms with Crippen molar-refractivity contribution in [1.82, 2.24) is 9.97 Å². The first-order chi connectivity index (χ1) is 24.4. The Labute approximate surface area is 304 Å². The molecule has 1 radical (unpaired) electrons. The Morgan fingerprint density at radius 1 is 0.872 bits per heavy atom. The summed E-state index contributed by atoms with van der Waals surface area (Å²) in [6, 6.07) is 31.3. The number of benzene rings is 4. The third kappa shape index (κ3) is 7.78. The van der Waals surface area contributed by atoms with Crippen molar-refractivity contribution < 1.29 is 32.7 Å². The maximum atomic E-state index is 8.73. The number of hydrogen-bond donors (Lipinski definition) is 0. The molecular weight excluding hydrogens is 813 g/mol. The number of aromatic nitrogens is 2. The Kier molecular flexibility index (Phi) is 8.56. The van der Waals surface area contributed by atoms with E-state index < -0.39 is 31.5 Å². The van der Waals surface area contributed by atoms with E-state index in [0.29, 0.717) is 16.7 Å². The molecule has 0 aliphatic rings. The van der Waals surface area contributed by atoms with Crippen molar-refractivity contribution in [2.45, 2.75) is 57.2 Å². The third-order valence-electron chi connectivity index (χ3n) is 7.80. The van der Waals surface area contributed by atoms with Crippen molar-refractivity contribution in [3.8, 4) is 22.5 Å². The average molecular weight is 862 g/mol. The quantitative estimate of drug-likeness (QED) is 0.124. The Balaban J connectivity index is 0.000000223. The molecule has 7 rings (SSSR count). The summed E-state index contributed by atoms with van der Waals surface area (Å²) in [6.07, 6.45) is -0.328. The van der Waals surface area contributed by atoms with Crippen molar-refractivity contribution in [1.29, 1.82) is 0 Å². The molecule has 0 spiro atoms. The molecule has 5 heteroatoms. The smallest absolute Gasteiger partial charge is 0.121 e. The minimum Gasteiger partial charge on any atom is -0.501 e. The largest absolute Gasteiger partial charge is 0.501 e. The van der Waals surface area contributed by atoms with E-state index in [1.165, 1.54) is 4.40 Å². The molecule has 241 valence electrons. The van der Waals surface area contributed by atoms with Crippen LogP contribution in [-0.4, -0.2) is 23.2 Å². The number of rotatable bonds is 6. The van der Waals surface area contributed by atoms with E-state index >= 15 is 0 Å². The Hall–Kier alpha value is -3.57. The van der Waals surface area contributed by atoms with E-state index in [1.54, 1.807) is 19.9 Å². The summed E-state index contributed by atoms with van der Waals surface area (Å²) in [4.78, 5) is 8.81. The van der Waals surface area contributed by atoms with Gasteiger partial charge in [0.05, 0.1) is 9.70 Å². The maximum Gasteiger partial charge on any atom is 0.121 e. The molecule has 0 amide bonds. The minimum atomic E-state index is -2.03. The van der Waals surface area contributed by atoms with Crippen LogP contribution in [0.2, 0.25) is 17.3 Å². The van der Waals surface area contributed by atoms with Gasteiger partial charge in [-0.15, -0.1) is 18.2 Å². The minimum absolute atomic E-state index is 0. The van der Waals surface area contributed by atoms with E-state index in [0.717, 1.165) is 38.4 Å². The predicted octanol–water partition coefficient (Wildman–Crippen LogP) is 11.0. The van der Waals surface area contributed by atoms with Crippen molar-refractivity contribution >= 4 is 50.4 Å². The van der Waals surface area contributed by atoms with Crippen molar-refractivity contribution in [3.05, 3.63) is 127 Å². The molecule has 3 heterocycles. The molecule has 0 fully saturated rings. The Morgan fingerprint density at radius 3 is 2.30 bits per heavy atom. The van der Waals surface area contributed by atoms with Crippen LogP contribution in [0.4, 0.5) is 0 Å². The van der Waals surface area contributed by atoms with E-state index in [1.807, 2.05) is 80.7 Å². The number of furan rings is 1. The molecule has 47 heavy (non-hydrogen) atoms. The van der Waals surface area contributed by atoms with Crippen LogP contribution in [0.3, 0.4) is 0 Å². The van der Waals surface area contributed by atoms with Crippen LogP contribution in [0.5, 0.6) is 0 Å². The molecule has 0 bridgehead atoms. The summed E-state index contributed by atoms with van der Waals surface area (Å²) in [5, 5.41) is 3.87. The van der Waals surface area contributed by atoms with E-state index in [2.05, 4.69) is 51.5 Å². The molecular formula is C42H42GeIrN2O-2. The summed E-state index contributed by atoms with van der Waals surface area (Å²) in [6.45, 7) is 7.30. The fourth-order valence-corrected chi connectivity index (χ4v) is 8.88. The molecule has 0 atom stereocenters. The molecule has 0 saturated carbocycles. The molecule has 0 aliphatic carbocycles. The first-order valence-corrected chi connectivity index (χ1v) is 23.0. The van der Waals surface area contributed by atoms with Gasteiger partial charge in [-0.05, 0) is 46.9 Å². The van der Waals surface area contributed by atoms with Gasteiger partial charge in [0.1, 0.15) is 5.58 Å². The second-order valence-corrected chi connectivity index (χ2v) is 23.6. The summed E-state index contributed by atoms with van der Waals surface area (Å²) in [5.41, 5.74) is 4.55. The van der Waals surface area contributed by atoms with Crippen molar-refractivity contribution in [2.24, 2.45) is 5.92 Å². The Morgan fingerprint density at radius 2 is 1.62 bits per heavy atom. The standard InChI is InChI=1S/C25H20NO.C17H22GeN.Ir/c1-16(2)12-17-10-11-26-23(13-17)21-9-5-8-20-22-14-18-6-3-4-7-19(18)15-24(22)27-25(20)21;1-13(2)15-11-17(14-9-7-6-8-10-14)19-12-16(15)18(3,4)5;/h3-8,10-11,13-16H,12H2,1-2H3;6-9,11-13H,1-5H3;/q2*-1;/i10D,11D,12D2,13D;13D;. The van der Waals surface area contributed by atoms with Gasteiger partial charge < -0.3 is 9.40 Å². The molecule has 0 aliphatic heterocycles. The Bertz CT molecular complexity index is 2440. The SMILES string of the molecule is [2H]C(C)(C)c1cc(-c2[c-]cccc2)nc[c]1[Ge]([CH3])([CH3])[CH3].[2H]c1nc(-c2[c-]ccc3c2oc2cc4ccccc4cc23)c([2H])c(C([2H])([2H])C(C)C)c1[2H].[Ir]. The van der Waals surface area contributed by atoms with Gasteiger partial charge in [0.15, 0.2) is 0 Å².